The van der Waals surface area contributed by atoms with Gasteiger partial charge in [0.15, 0.2) is 11.5 Å². The molecular formula is C17H12ClF4N7O. The number of amides is 1. The summed E-state index contributed by atoms with van der Waals surface area (Å²) in [6.45, 7) is 1.84. The van der Waals surface area contributed by atoms with E-state index in [1.165, 1.54) is 9.58 Å². The molecule has 3 aromatic heterocycles. The summed E-state index contributed by atoms with van der Waals surface area (Å²) in [6, 6.07) is 0.541. The van der Waals surface area contributed by atoms with Crippen molar-refractivity contribution in [3.63, 3.8) is 0 Å². The zero-order chi connectivity index (χ0) is 21.6. The van der Waals surface area contributed by atoms with Crippen molar-refractivity contribution < 1.29 is 22.4 Å². The summed E-state index contributed by atoms with van der Waals surface area (Å²) in [5.74, 6) is -1.17. The maximum Gasteiger partial charge on any atom is 0.434 e. The highest BCUT2D eigenvalue weighted by Gasteiger charge is 2.39. The van der Waals surface area contributed by atoms with Crippen LogP contribution in [-0.2, 0) is 12.6 Å². The fourth-order valence-corrected chi connectivity index (χ4v) is 3.55. The normalized spacial score (nSPS) is 16.5. The van der Waals surface area contributed by atoms with Crippen molar-refractivity contribution in [1.82, 2.24) is 34.8 Å². The summed E-state index contributed by atoms with van der Waals surface area (Å²) < 4.78 is 53.6. The molecule has 0 aromatic carbocycles. The van der Waals surface area contributed by atoms with E-state index < -0.39 is 34.7 Å². The molecule has 0 unspecified atom stereocenters. The monoisotopic (exact) mass is 441 g/mol. The van der Waals surface area contributed by atoms with Gasteiger partial charge in [-0.1, -0.05) is 16.8 Å². The molecule has 3 aromatic rings. The number of carbonyl (C=O) groups excluding carboxylic acids is 1. The number of hydrogen-bond donors (Lipinski definition) is 0. The van der Waals surface area contributed by atoms with E-state index in [0.717, 1.165) is 24.7 Å². The molecule has 0 aliphatic carbocycles. The molecule has 0 fully saturated rings. The Morgan fingerprint density at radius 1 is 1.23 bits per heavy atom. The van der Waals surface area contributed by atoms with Gasteiger partial charge >= 0.3 is 6.18 Å². The summed E-state index contributed by atoms with van der Waals surface area (Å²) in [7, 11) is 0. The molecule has 30 heavy (non-hydrogen) atoms. The lowest BCUT2D eigenvalue weighted by atomic mass is 10.0. The van der Waals surface area contributed by atoms with Crippen LogP contribution >= 0.6 is 11.6 Å². The standard InChI is InChI=1S/C17H12ClF4N7O/c1-8-13-11(29(27-26-13)16-24-6-9(19)7-25-16)3-5-28(8)15(30)10-2-4-23-14(12(10)18)17(20,21)22/h2,4,6-8H,3,5H2,1H3/t8-/m1/s1. The van der Waals surface area contributed by atoms with Gasteiger partial charge in [-0.25, -0.2) is 14.4 Å². The Morgan fingerprint density at radius 3 is 2.60 bits per heavy atom. The van der Waals surface area contributed by atoms with Crippen LogP contribution < -0.4 is 0 Å². The maximum absolute atomic E-state index is 13.1. The third-order valence-corrected chi connectivity index (χ3v) is 5.07. The Bertz CT molecular complexity index is 1120. The van der Waals surface area contributed by atoms with Crippen molar-refractivity contribution in [2.24, 2.45) is 0 Å². The lowest BCUT2D eigenvalue weighted by molar-refractivity contribution is -0.141. The van der Waals surface area contributed by atoms with Crippen molar-refractivity contribution in [1.29, 1.82) is 0 Å². The lowest BCUT2D eigenvalue weighted by Crippen LogP contribution is -2.39. The molecule has 1 aliphatic heterocycles. The number of hydrogen-bond acceptors (Lipinski definition) is 6. The minimum atomic E-state index is -4.79. The Morgan fingerprint density at radius 2 is 1.93 bits per heavy atom. The predicted molar refractivity (Wildman–Crippen MR) is 94.3 cm³/mol. The number of aromatic nitrogens is 6. The van der Waals surface area contributed by atoms with Gasteiger partial charge in [0.2, 0.25) is 0 Å². The van der Waals surface area contributed by atoms with Gasteiger partial charge in [-0.05, 0) is 13.0 Å². The van der Waals surface area contributed by atoms with E-state index in [0.29, 0.717) is 11.4 Å². The van der Waals surface area contributed by atoms with Crippen LogP contribution in [0.4, 0.5) is 17.6 Å². The number of pyridine rings is 1. The molecule has 156 valence electrons. The fraction of sp³-hybridized carbons (Fsp3) is 0.294. The minimum Gasteiger partial charge on any atom is -0.330 e. The molecular weight excluding hydrogens is 430 g/mol. The molecule has 0 spiro atoms. The van der Waals surface area contributed by atoms with Gasteiger partial charge in [0.25, 0.3) is 11.9 Å². The highest BCUT2D eigenvalue weighted by molar-refractivity contribution is 6.34. The second kappa shape index (κ2) is 7.27. The first-order chi connectivity index (χ1) is 14.2. The zero-order valence-corrected chi connectivity index (χ0v) is 16.0. The molecule has 1 aliphatic rings. The van der Waals surface area contributed by atoms with E-state index in [1.54, 1.807) is 6.92 Å². The van der Waals surface area contributed by atoms with Gasteiger partial charge in [0.1, 0.15) is 5.69 Å². The molecule has 13 heteroatoms. The topological polar surface area (TPSA) is 89.7 Å². The van der Waals surface area contributed by atoms with Gasteiger partial charge in [-0.15, -0.1) is 5.10 Å². The van der Waals surface area contributed by atoms with Crippen LogP contribution in [0.2, 0.25) is 5.02 Å². The minimum absolute atomic E-state index is 0.115. The van der Waals surface area contributed by atoms with Crippen LogP contribution in [0.1, 0.15) is 40.4 Å². The Labute approximate surface area is 171 Å². The third kappa shape index (κ3) is 3.36. The van der Waals surface area contributed by atoms with Gasteiger partial charge in [-0.2, -0.15) is 17.9 Å². The number of rotatable bonds is 2. The summed E-state index contributed by atoms with van der Waals surface area (Å²) >= 11 is 5.84. The van der Waals surface area contributed by atoms with Crippen molar-refractivity contribution in [3.05, 3.63) is 58.1 Å². The molecule has 1 atom stereocenters. The van der Waals surface area contributed by atoms with Crippen LogP contribution in [0.5, 0.6) is 0 Å². The molecule has 0 bridgehead atoms. The summed E-state index contributed by atoms with van der Waals surface area (Å²) in [4.78, 5) is 25.3. The average Bonchev–Trinajstić information content (AvgIpc) is 3.13. The number of fused-ring (bicyclic) bond motifs is 1. The first-order valence-electron chi connectivity index (χ1n) is 8.63. The highest BCUT2D eigenvalue weighted by Crippen LogP contribution is 2.36. The Balaban J connectivity index is 1.66. The van der Waals surface area contributed by atoms with Gasteiger partial charge in [0, 0.05) is 19.2 Å². The first-order valence-corrected chi connectivity index (χ1v) is 9.01. The smallest absolute Gasteiger partial charge is 0.330 e. The van der Waals surface area contributed by atoms with Crippen LogP contribution in [-0.4, -0.2) is 47.3 Å². The summed E-state index contributed by atoms with van der Waals surface area (Å²) in [6.07, 6.45) is -1.63. The predicted octanol–water partition coefficient (Wildman–Crippen LogP) is 3.02. The molecule has 4 heterocycles. The number of carbonyl (C=O) groups is 1. The lowest BCUT2D eigenvalue weighted by Gasteiger charge is -2.32. The molecule has 0 saturated carbocycles. The second-order valence-corrected chi connectivity index (χ2v) is 6.86. The summed E-state index contributed by atoms with van der Waals surface area (Å²) in [5, 5.41) is 7.28. The zero-order valence-electron chi connectivity index (χ0n) is 15.2. The van der Waals surface area contributed by atoms with Crippen molar-refractivity contribution in [3.8, 4) is 5.95 Å². The van der Waals surface area contributed by atoms with Gasteiger partial charge < -0.3 is 4.90 Å². The highest BCUT2D eigenvalue weighted by atomic mass is 35.5. The van der Waals surface area contributed by atoms with Gasteiger partial charge in [-0.3, -0.25) is 9.78 Å². The second-order valence-electron chi connectivity index (χ2n) is 6.48. The Kier molecular flexibility index (Phi) is 4.88. The third-order valence-electron chi connectivity index (χ3n) is 4.69. The van der Waals surface area contributed by atoms with Crippen LogP contribution in [0.15, 0.2) is 24.7 Å². The first kappa shape index (κ1) is 20.1. The van der Waals surface area contributed by atoms with Crippen LogP contribution in [0, 0.1) is 5.82 Å². The number of alkyl halides is 3. The van der Waals surface area contributed by atoms with Crippen molar-refractivity contribution in [2.45, 2.75) is 25.6 Å². The number of nitrogens with zero attached hydrogens (tertiary/aromatic N) is 7. The molecule has 1 amide bonds. The molecule has 0 saturated heterocycles. The average molecular weight is 442 g/mol. The Hall–Kier alpha value is -3.15. The van der Waals surface area contributed by atoms with E-state index in [9.17, 15) is 22.4 Å². The molecule has 4 rings (SSSR count). The summed E-state index contributed by atoms with van der Waals surface area (Å²) in [5.41, 5.74) is -0.568. The van der Waals surface area contributed by atoms with Crippen LogP contribution in [0.3, 0.4) is 0 Å². The SMILES string of the molecule is C[C@@H]1c2nnn(-c3ncc(F)cn3)c2CCN1C(=O)c1ccnc(C(F)(F)F)c1Cl. The molecule has 0 radical (unpaired) electrons. The van der Waals surface area contributed by atoms with Crippen LogP contribution in [0.25, 0.3) is 5.95 Å². The molecule has 8 nitrogen and oxygen atoms in total. The largest absolute Gasteiger partial charge is 0.434 e. The van der Waals surface area contributed by atoms with E-state index in [-0.39, 0.29) is 24.5 Å². The van der Waals surface area contributed by atoms with Crippen molar-refractivity contribution >= 4 is 17.5 Å². The fourth-order valence-electron chi connectivity index (χ4n) is 3.25. The van der Waals surface area contributed by atoms with E-state index >= 15 is 0 Å². The van der Waals surface area contributed by atoms with E-state index in [4.69, 9.17) is 11.6 Å². The van der Waals surface area contributed by atoms with E-state index in [2.05, 4.69) is 25.3 Å². The van der Waals surface area contributed by atoms with Gasteiger partial charge in [0.05, 0.1) is 34.7 Å². The number of halogens is 5. The maximum atomic E-state index is 13.1. The quantitative estimate of drug-likeness (QED) is 0.568. The van der Waals surface area contributed by atoms with E-state index in [1.807, 2.05) is 0 Å². The molecule has 0 N–H and O–H groups in total. The van der Waals surface area contributed by atoms with Crippen molar-refractivity contribution in [2.75, 3.05) is 6.54 Å².